The molecule has 0 heterocycles. The molecule has 0 bridgehead atoms. The highest BCUT2D eigenvalue weighted by Gasteiger charge is 2.40. The van der Waals surface area contributed by atoms with Crippen molar-refractivity contribution in [3.63, 3.8) is 0 Å². The Kier molecular flexibility index (Phi) is 4.95. The summed E-state index contributed by atoms with van der Waals surface area (Å²) in [5.41, 5.74) is -0.861. The normalized spacial score (nSPS) is 20.6. The average molecular weight is 238 g/mol. The van der Waals surface area contributed by atoms with Crippen LogP contribution in [-0.2, 0) is 4.79 Å². The van der Waals surface area contributed by atoms with Gasteiger partial charge in [-0.1, -0.05) is 33.1 Å². The van der Waals surface area contributed by atoms with Crippen molar-refractivity contribution in [2.75, 3.05) is 6.61 Å². The summed E-state index contributed by atoms with van der Waals surface area (Å²) in [4.78, 5) is 12.2. The molecule has 1 unspecified atom stereocenters. The number of nitriles is 1. The lowest BCUT2D eigenvalue weighted by atomic mass is 9.74. The molecule has 0 aromatic rings. The average Bonchev–Trinajstić information content (AvgIpc) is 2.35. The molecule has 2 N–H and O–H groups in total. The molecule has 17 heavy (non-hydrogen) atoms. The standard InChI is InChI=1S/C13H22N2O2/c1-10(2)11(8-16)15-12(17)13(9-14)6-4-3-5-7-13/h10-11,16H,3-8H2,1-2H3,(H,15,17). The van der Waals surface area contributed by atoms with Crippen LogP contribution in [0.1, 0.15) is 46.0 Å². The number of amides is 1. The highest BCUT2D eigenvalue weighted by Crippen LogP contribution is 2.36. The van der Waals surface area contributed by atoms with E-state index in [1.807, 2.05) is 13.8 Å². The zero-order valence-corrected chi connectivity index (χ0v) is 10.7. The maximum absolute atomic E-state index is 12.2. The second kappa shape index (κ2) is 6.02. The predicted molar refractivity (Wildman–Crippen MR) is 65.0 cm³/mol. The second-order valence-electron chi connectivity index (χ2n) is 5.26. The first-order valence-corrected chi connectivity index (χ1v) is 6.39. The largest absolute Gasteiger partial charge is 0.394 e. The van der Waals surface area contributed by atoms with E-state index in [1.54, 1.807) is 0 Å². The summed E-state index contributed by atoms with van der Waals surface area (Å²) in [5.74, 6) is -0.0317. The zero-order valence-electron chi connectivity index (χ0n) is 10.7. The van der Waals surface area contributed by atoms with E-state index in [0.29, 0.717) is 12.8 Å². The van der Waals surface area contributed by atoms with Gasteiger partial charge in [0.15, 0.2) is 0 Å². The fourth-order valence-electron chi connectivity index (χ4n) is 2.27. The molecular weight excluding hydrogens is 216 g/mol. The molecule has 1 rings (SSSR count). The van der Waals surface area contributed by atoms with Crippen molar-refractivity contribution in [2.24, 2.45) is 11.3 Å². The Morgan fingerprint density at radius 1 is 1.41 bits per heavy atom. The van der Waals surface area contributed by atoms with Crippen molar-refractivity contribution in [2.45, 2.75) is 52.0 Å². The van der Waals surface area contributed by atoms with E-state index < -0.39 is 5.41 Å². The molecule has 0 spiro atoms. The monoisotopic (exact) mass is 238 g/mol. The first-order valence-electron chi connectivity index (χ1n) is 6.39. The van der Waals surface area contributed by atoms with Gasteiger partial charge in [0.25, 0.3) is 0 Å². The molecule has 1 saturated carbocycles. The molecule has 1 atom stereocenters. The number of aliphatic hydroxyl groups is 1. The Morgan fingerprint density at radius 2 is 2.00 bits per heavy atom. The molecule has 1 amide bonds. The van der Waals surface area contributed by atoms with Crippen molar-refractivity contribution in [3.05, 3.63) is 0 Å². The number of nitrogens with one attached hydrogen (secondary N) is 1. The number of carbonyl (C=O) groups is 1. The molecule has 0 aromatic heterocycles. The first kappa shape index (κ1) is 14.0. The molecule has 4 heteroatoms. The summed E-state index contributed by atoms with van der Waals surface area (Å²) in [6.07, 6.45) is 4.26. The predicted octanol–water partition coefficient (Wildman–Crippen LogP) is 1.59. The minimum absolute atomic E-state index is 0.0785. The lowest BCUT2D eigenvalue weighted by Crippen LogP contribution is -2.49. The van der Waals surface area contributed by atoms with Crippen LogP contribution >= 0.6 is 0 Å². The van der Waals surface area contributed by atoms with Gasteiger partial charge in [0.05, 0.1) is 18.7 Å². The molecule has 1 aliphatic carbocycles. The minimum Gasteiger partial charge on any atom is -0.394 e. The van der Waals surface area contributed by atoms with Gasteiger partial charge in [-0.25, -0.2) is 0 Å². The SMILES string of the molecule is CC(C)C(CO)NC(=O)C1(C#N)CCCCC1. The molecule has 0 aliphatic heterocycles. The maximum atomic E-state index is 12.2. The van der Waals surface area contributed by atoms with Crippen LogP contribution < -0.4 is 5.32 Å². The minimum atomic E-state index is -0.861. The molecule has 1 aliphatic rings. The van der Waals surface area contributed by atoms with E-state index in [4.69, 9.17) is 0 Å². The second-order valence-corrected chi connectivity index (χ2v) is 5.26. The summed E-state index contributed by atoms with van der Waals surface area (Å²) < 4.78 is 0. The van der Waals surface area contributed by atoms with Crippen LogP contribution in [0.25, 0.3) is 0 Å². The zero-order chi connectivity index (χ0) is 12.9. The Morgan fingerprint density at radius 3 is 2.41 bits per heavy atom. The van der Waals surface area contributed by atoms with Crippen molar-refractivity contribution >= 4 is 5.91 Å². The molecule has 0 saturated heterocycles. The van der Waals surface area contributed by atoms with Crippen molar-refractivity contribution < 1.29 is 9.90 Å². The summed E-state index contributed by atoms with van der Waals surface area (Å²) in [7, 11) is 0. The van der Waals surface area contributed by atoms with Crippen LogP contribution in [0, 0.1) is 22.7 Å². The van der Waals surface area contributed by atoms with Crippen molar-refractivity contribution in [1.82, 2.24) is 5.32 Å². The van der Waals surface area contributed by atoms with Gasteiger partial charge in [-0.05, 0) is 18.8 Å². The molecule has 1 fully saturated rings. The molecule has 0 radical (unpaired) electrons. The number of hydrogen-bond donors (Lipinski definition) is 2. The number of nitrogens with zero attached hydrogens (tertiary/aromatic N) is 1. The molecular formula is C13H22N2O2. The molecule has 4 nitrogen and oxygen atoms in total. The highest BCUT2D eigenvalue weighted by molar-refractivity contribution is 5.85. The Bertz CT molecular complexity index is 301. The summed E-state index contributed by atoms with van der Waals surface area (Å²) in [6, 6.07) is 1.94. The first-order chi connectivity index (χ1) is 8.05. The summed E-state index contributed by atoms with van der Waals surface area (Å²) in [6.45, 7) is 3.81. The van der Waals surface area contributed by atoms with E-state index in [0.717, 1.165) is 19.3 Å². The number of carbonyl (C=O) groups excluding carboxylic acids is 1. The number of hydrogen-bond acceptors (Lipinski definition) is 3. The third-order valence-electron chi connectivity index (χ3n) is 3.67. The van der Waals surface area contributed by atoms with E-state index in [9.17, 15) is 15.2 Å². The third kappa shape index (κ3) is 3.19. The van der Waals surface area contributed by atoms with Gasteiger partial charge in [0.2, 0.25) is 5.91 Å². The van der Waals surface area contributed by atoms with Gasteiger partial charge < -0.3 is 10.4 Å². The van der Waals surface area contributed by atoms with Gasteiger partial charge in [0.1, 0.15) is 5.41 Å². The lowest BCUT2D eigenvalue weighted by Gasteiger charge is -2.31. The lowest BCUT2D eigenvalue weighted by molar-refractivity contribution is -0.131. The van der Waals surface area contributed by atoms with E-state index in [1.165, 1.54) is 0 Å². The summed E-state index contributed by atoms with van der Waals surface area (Å²) in [5, 5.41) is 21.3. The molecule has 0 aromatic carbocycles. The Labute approximate surface area is 103 Å². The van der Waals surface area contributed by atoms with Crippen LogP contribution in [0.3, 0.4) is 0 Å². The fraction of sp³-hybridized carbons (Fsp3) is 0.846. The van der Waals surface area contributed by atoms with Crippen LogP contribution in [0.15, 0.2) is 0 Å². The van der Waals surface area contributed by atoms with Crippen LogP contribution in [0.2, 0.25) is 0 Å². The topological polar surface area (TPSA) is 73.1 Å². The van der Waals surface area contributed by atoms with E-state index >= 15 is 0 Å². The maximum Gasteiger partial charge on any atom is 0.240 e. The smallest absolute Gasteiger partial charge is 0.240 e. The number of aliphatic hydroxyl groups excluding tert-OH is 1. The van der Waals surface area contributed by atoms with E-state index in [-0.39, 0.29) is 24.5 Å². The van der Waals surface area contributed by atoms with Gasteiger partial charge in [-0.3, -0.25) is 4.79 Å². The number of rotatable bonds is 4. The van der Waals surface area contributed by atoms with E-state index in [2.05, 4.69) is 11.4 Å². The molecule has 96 valence electrons. The van der Waals surface area contributed by atoms with Crippen molar-refractivity contribution in [3.8, 4) is 6.07 Å². The van der Waals surface area contributed by atoms with Gasteiger partial charge in [-0.2, -0.15) is 5.26 Å². The third-order valence-corrected chi connectivity index (χ3v) is 3.67. The highest BCUT2D eigenvalue weighted by atomic mass is 16.3. The van der Waals surface area contributed by atoms with Crippen LogP contribution in [-0.4, -0.2) is 23.7 Å². The Balaban J connectivity index is 2.70. The van der Waals surface area contributed by atoms with Gasteiger partial charge >= 0.3 is 0 Å². The summed E-state index contributed by atoms with van der Waals surface area (Å²) >= 11 is 0. The van der Waals surface area contributed by atoms with Crippen molar-refractivity contribution in [1.29, 1.82) is 5.26 Å². The van der Waals surface area contributed by atoms with Crippen LogP contribution in [0.5, 0.6) is 0 Å². The van der Waals surface area contributed by atoms with Gasteiger partial charge in [-0.15, -0.1) is 0 Å². The van der Waals surface area contributed by atoms with Gasteiger partial charge in [0, 0.05) is 0 Å². The quantitative estimate of drug-likeness (QED) is 0.781. The fourth-order valence-corrected chi connectivity index (χ4v) is 2.27. The Hall–Kier alpha value is -1.08. The van der Waals surface area contributed by atoms with Crippen LogP contribution in [0.4, 0.5) is 0 Å².